The van der Waals surface area contributed by atoms with Gasteiger partial charge in [0.25, 0.3) is 0 Å². The number of rotatable bonds is 5. The first-order chi connectivity index (χ1) is 9.13. The van der Waals surface area contributed by atoms with Crippen molar-refractivity contribution >= 4 is 11.6 Å². The van der Waals surface area contributed by atoms with Crippen LogP contribution in [0.25, 0.3) is 0 Å². The highest BCUT2D eigenvalue weighted by molar-refractivity contribution is 6.31. The van der Waals surface area contributed by atoms with Gasteiger partial charge in [-0.15, -0.1) is 0 Å². The van der Waals surface area contributed by atoms with Crippen molar-refractivity contribution in [2.45, 2.75) is 45.8 Å². The maximum atomic E-state index is 6.12. The van der Waals surface area contributed by atoms with Crippen LogP contribution >= 0.6 is 11.6 Å². The van der Waals surface area contributed by atoms with Crippen molar-refractivity contribution in [2.75, 3.05) is 0 Å². The molecule has 0 amide bonds. The van der Waals surface area contributed by atoms with Gasteiger partial charge in [0.1, 0.15) is 6.54 Å². The van der Waals surface area contributed by atoms with Crippen LogP contribution in [-0.2, 0) is 13.1 Å². The molecule has 1 saturated carbocycles. The Labute approximate surface area is 116 Å². The number of hydrogen-bond donors (Lipinski definition) is 1. The Morgan fingerprint density at radius 1 is 1.47 bits per heavy atom. The van der Waals surface area contributed by atoms with Gasteiger partial charge in [0.15, 0.2) is 5.76 Å². The summed E-state index contributed by atoms with van der Waals surface area (Å²) in [6.07, 6.45) is 2.55. The molecule has 1 fully saturated rings. The van der Waals surface area contributed by atoms with Crippen molar-refractivity contribution < 1.29 is 4.52 Å². The van der Waals surface area contributed by atoms with E-state index in [1.165, 1.54) is 12.8 Å². The van der Waals surface area contributed by atoms with Crippen molar-refractivity contribution in [3.63, 3.8) is 0 Å². The molecule has 2 aromatic heterocycles. The average Bonchev–Trinajstić information content (AvgIpc) is 3.08. The lowest BCUT2D eigenvalue weighted by molar-refractivity contribution is 0.363. The van der Waals surface area contributed by atoms with E-state index in [4.69, 9.17) is 16.1 Å². The van der Waals surface area contributed by atoms with Crippen molar-refractivity contribution in [3.05, 3.63) is 33.9 Å². The van der Waals surface area contributed by atoms with Gasteiger partial charge in [0, 0.05) is 18.7 Å². The van der Waals surface area contributed by atoms with E-state index < -0.39 is 0 Å². The normalized spacial score (nSPS) is 15.1. The Bertz CT molecular complexity index is 585. The van der Waals surface area contributed by atoms with Gasteiger partial charge in [0.05, 0.1) is 22.1 Å². The fourth-order valence-electron chi connectivity index (χ4n) is 2.03. The number of aromatic nitrogens is 3. The third-order valence-electron chi connectivity index (χ3n) is 3.36. The number of halogens is 1. The predicted molar refractivity (Wildman–Crippen MR) is 72.2 cm³/mol. The first-order valence-corrected chi connectivity index (χ1v) is 6.88. The highest BCUT2D eigenvalue weighted by Crippen LogP contribution is 2.21. The molecule has 102 valence electrons. The zero-order valence-electron chi connectivity index (χ0n) is 11.1. The Morgan fingerprint density at radius 3 is 2.89 bits per heavy atom. The van der Waals surface area contributed by atoms with E-state index in [2.05, 4.69) is 15.6 Å². The highest BCUT2D eigenvalue weighted by atomic mass is 35.5. The molecule has 19 heavy (non-hydrogen) atoms. The lowest BCUT2D eigenvalue weighted by Gasteiger charge is -1.99. The molecular weight excluding hydrogens is 264 g/mol. The standard InChI is InChI=1S/C13H17ClN4O/c1-8-13(14)9(2)18(16-8)7-12-5-11(17-19-12)6-15-10-3-4-10/h5,10,15H,3-4,6-7H2,1-2H3. The predicted octanol–water partition coefficient (Wildman–Crippen LogP) is 2.44. The number of hydrogen-bond acceptors (Lipinski definition) is 4. The molecule has 0 spiro atoms. The molecule has 2 heterocycles. The largest absolute Gasteiger partial charge is 0.359 e. The monoisotopic (exact) mass is 280 g/mol. The maximum Gasteiger partial charge on any atom is 0.158 e. The van der Waals surface area contributed by atoms with Crippen molar-refractivity contribution in [2.24, 2.45) is 0 Å². The van der Waals surface area contributed by atoms with Crippen molar-refractivity contribution in [3.8, 4) is 0 Å². The summed E-state index contributed by atoms with van der Waals surface area (Å²) >= 11 is 6.12. The molecule has 3 rings (SSSR count). The molecule has 1 aliphatic carbocycles. The molecule has 1 aliphatic rings. The van der Waals surface area contributed by atoms with Crippen LogP contribution in [0.1, 0.15) is 35.7 Å². The summed E-state index contributed by atoms with van der Waals surface area (Å²) in [5.41, 5.74) is 2.73. The summed E-state index contributed by atoms with van der Waals surface area (Å²) in [5.74, 6) is 0.801. The van der Waals surface area contributed by atoms with Crippen molar-refractivity contribution in [1.82, 2.24) is 20.3 Å². The molecule has 0 unspecified atom stereocenters. The molecule has 6 heteroatoms. The van der Waals surface area contributed by atoms with Gasteiger partial charge >= 0.3 is 0 Å². The fourth-order valence-corrected chi connectivity index (χ4v) is 2.16. The van der Waals surface area contributed by atoms with E-state index in [0.717, 1.165) is 34.4 Å². The zero-order valence-corrected chi connectivity index (χ0v) is 11.9. The van der Waals surface area contributed by atoms with Crippen LogP contribution in [0, 0.1) is 13.8 Å². The summed E-state index contributed by atoms with van der Waals surface area (Å²) in [5, 5.41) is 12.6. The van der Waals surface area contributed by atoms with Crippen LogP contribution in [0.3, 0.4) is 0 Å². The maximum absolute atomic E-state index is 6.12. The van der Waals surface area contributed by atoms with E-state index >= 15 is 0 Å². The topological polar surface area (TPSA) is 55.9 Å². The van der Waals surface area contributed by atoms with Gasteiger partial charge in [-0.3, -0.25) is 4.68 Å². The average molecular weight is 281 g/mol. The quantitative estimate of drug-likeness (QED) is 0.914. The van der Waals surface area contributed by atoms with Gasteiger partial charge in [0.2, 0.25) is 0 Å². The fraction of sp³-hybridized carbons (Fsp3) is 0.538. The minimum atomic E-state index is 0.565. The number of nitrogens with zero attached hydrogens (tertiary/aromatic N) is 3. The lowest BCUT2D eigenvalue weighted by Crippen LogP contribution is -2.15. The van der Waals surface area contributed by atoms with Crippen LogP contribution in [-0.4, -0.2) is 21.0 Å². The van der Waals surface area contributed by atoms with E-state index in [-0.39, 0.29) is 0 Å². The molecule has 0 bridgehead atoms. The third-order valence-corrected chi connectivity index (χ3v) is 3.90. The molecule has 5 nitrogen and oxygen atoms in total. The molecule has 1 N–H and O–H groups in total. The highest BCUT2D eigenvalue weighted by Gasteiger charge is 2.20. The van der Waals surface area contributed by atoms with Crippen LogP contribution < -0.4 is 5.32 Å². The van der Waals surface area contributed by atoms with E-state index in [9.17, 15) is 0 Å². The summed E-state index contributed by atoms with van der Waals surface area (Å²) in [4.78, 5) is 0. The Morgan fingerprint density at radius 2 is 2.26 bits per heavy atom. The van der Waals surface area contributed by atoms with Crippen molar-refractivity contribution in [1.29, 1.82) is 0 Å². The first-order valence-electron chi connectivity index (χ1n) is 6.51. The van der Waals surface area contributed by atoms with Gasteiger partial charge in [-0.05, 0) is 26.7 Å². The minimum absolute atomic E-state index is 0.565. The van der Waals surface area contributed by atoms with Crippen LogP contribution in [0.15, 0.2) is 10.6 Å². The Balaban J connectivity index is 1.66. The van der Waals surface area contributed by atoms with Crippen LogP contribution in [0.2, 0.25) is 5.02 Å². The first kappa shape index (κ1) is 12.7. The van der Waals surface area contributed by atoms with Gasteiger partial charge in [-0.2, -0.15) is 5.10 Å². The summed E-state index contributed by atoms with van der Waals surface area (Å²) in [6.45, 7) is 5.19. The Kier molecular flexibility index (Phi) is 3.33. The minimum Gasteiger partial charge on any atom is -0.359 e. The SMILES string of the molecule is Cc1nn(Cc2cc(CNC3CC3)no2)c(C)c1Cl. The summed E-state index contributed by atoms with van der Waals surface area (Å²) in [7, 11) is 0. The van der Waals surface area contributed by atoms with Gasteiger partial charge < -0.3 is 9.84 Å². The smallest absolute Gasteiger partial charge is 0.158 e. The molecule has 0 aromatic carbocycles. The van der Waals surface area contributed by atoms with Crippen LogP contribution in [0.5, 0.6) is 0 Å². The second-order valence-corrected chi connectivity index (χ2v) is 5.46. The molecule has 0 radical (unpaired) electrons. The number of nitrogens with one attached hydrogen (secondary N) is 1. The third kappa shape index (κ3) is 2.82. The van der Waals surface area contributed by atoms with Crippen LogP contribution in [0.4, 0.5) is 0 Å². The van der Waals surface area contributed by atoms with Gasteiger partial charge in [-0.1, -0.05) is 16.8 Å². The molecule has 0 atom stereocenters. The van der Waals surface area contributed by atoms with Gasteiger partial charge in [-0.25, -0.2) is 0 Å². The molecular formula is C13H17ClN4O. The lowest BCUT2D eigenvalue weighted by atomic mass is 10.3. The van der Waals surface area contributed by atoms with E-state index in [0.29, 0.717) is 12.6 Å². The second-order valence-electron chi connectivity index (χ2n) is 5.08. The van der Waals surface area contributed by atoms with E-state index in [1.54, 1.807) is 0 Å². The summed E-state index contributed by atoms with van der Waals surface area (Å²) in [6, 6.07) is 2.65. The number of aryl methyl sites for hydroxylation is 1. The molecule has 0 saturated heterocycles. The van der Waals surface area contributed by atoms with E-state index in [1.807, 2.05) is 24.6 Å². The summed E-state index contributed by atoms with van der Waals surface area (Å²) < 4.78 is 7.18. The second kappa shape index (κ2) is 4.98. The molecule has 0 aliphatic heterocycles. The molecule has 2 aromatic rings. The zero-order chi connectivity index (χ0) is 13.4. The Hall–Kier alpha value is -1.33.